The van der Waals surface area contributed by atoms with Crippen molar-refractivity contribution < 1.29 is 19.2 Å². The first-order valence-electron chi connectivity index (χ1n) is 8.43. The number of amides is 3. The Morgan fingerprint density at radius 3 is 1.40 bits per heavy atom. The molecule has 144 valence electrons. The smallest absolute Gasteiger partial charge is 0.242 e. The number of hydrogen-bond acceptors (Lipinski definition) is 5. The Labute approximate surface area is 150 Å². The molecule has 0 aliphatic heterocycles. The predicted molar refractivity (Wildman–Crippen MR) is 96.0 cm³/mol. The number of carbonyl (C=O) groups excluding carboxylic acids is 4. The van der Waals surface area contributed by atoms with Crippen molar-refractivity contribution >= 4 is 23.5 Å². The fraction of sp³-hybridized carbons (Fsp3) is 0.765. The van der Waals surface area contributed by atoms with Crippen molar-refractivity contribution in [2.45, 2.75) is 33.2 Å². The van der Waals surface area contributed by atoms with Crippen LogP contribution in [0.5, 0.6) is 0 Å². The van der Waals surface area contributed by atoms with Crippen molar-refractivity contribution in [2.75, 3.05) is 54.4 Å². The van der Waals surface area contributed by atoms with Crippen LogP contribution in [0.2, 0.25) is 0 Å². The molecule has 0 radical (unpaired) electrons. The van der Waals surface area contributed by atoms with Gasteiger partial charge in [0, 0.05) is 33.6 Å². The van der Waals surface area contributed by atoms with Crippen LogP contribution in [0.1, 0.15) is 27.2 Å². The van der Waals surface area contributed by atoms with Crippen LogP contribution < -0.4 is 0 Å². The summed E-state index contributed by atoms with van der Waals surface area (Å²) in [6.07, 6.45) is 0.365. The highest BCUT2D eigenvalue weighted by atomic mass is 16.2. The molecule has 0 fully saturated rings. The van der Waals surface area contributed by atoms with Gasteiger partial charge in [-0.1, -0.05) is 6.92 Å². The van der Waals surface area contributed by atoms with E-state index in [9.17, 15) is 19.2 Å². The molecule has 0 N–H and O–H groups in total. The molecule has 0 spiro atoms. The summed E-state index contributed by atoms with van der Waals surface area (Å²) in [6.45, 7) is 5.75. The average molecular weight is 356 g/mol. The van der Waals surface area contributed by atoms with E-state index in [1.165, 1.54) is 28.8 Å². The molecule has 0 aliphatic carbocycles. The van der Waals surface area contributed by atoms with E-state index < -0.39 is 0 Å². The molecule has 0 aromatic carbocycles. The summed E-state index contributed by atoms with van der Waals surface area (Å²) in [5.74, 6) is -0.836. The first-order chi connectivity index (χ1) is 11.5. The maximum absolute atomic E-state index is 12.2. The van der Waals surface area contributed by atoms with Crippen LogP contribution in [0.3, 0.4) is 0 Å². The second-order valence-corrected chi connectivity index (χ2v) is 6.65. The molecule has 25 heavy (non-hydrogen) atoms. The highest BCUT2D eigenvalue weighted by Crippen LogP contribution is 1.98. The minimum absolute atomic E-state index is 0.0376. The molecule has 0 unspecified atom stereocenters. The van der Waals surface area contributed by atoms with Gasteiger partial charge in [-0.2, -0.15) is 0 Å². The van der Waals surface area contributed by atoms with E-state index in [1.807, 2.05) is 25.8 Å². The third kappa shape index (κ3) is 8.62. The third-order valence-electron chi connectivity index (χ3n) is 4.10. The number of ketones is 1. The van der Waals surface area contributed by atoms with Crippen LogP contribution in [0.25, 0.3) is 0 Å². The number of likely N-dealkylation sites (N-methyl/N-ethyl adjacent to an activating group) is 4. The van der Waals surface area contributed by atoms with Gasteiger partial charge in [-0.25, -0.2) is 0 Å². The van der Waals surface area contributed by atoms with E-state index in [0.717, 1.165) is 0 Å². The standard InChI is InChI=1S/C17H32N4O4/c1-8-14(22)9-19(5)16(24)11-21(7)17(25)12-20(6)15(23)10-18(4)13(2)3/h13H,8-12H2,1-7H3. The van der Waals surface area contributed by atoms with Crippen molar-refractivity contribution in [3.63, 3.8) is 0 Å². The lowest BCUT2D eigenvalue weighted by molar-refractivity contribution is -0.143. The quantitative estimate of drug-likeness (QED) is 0.536. The molecule has 0 atom stereocenters. The van der Waals surface area contributed by atoms with E-state index in [4.69, 9.17) is 0 Å². The van der Waals surface area contributed by atoms with E-state index in [1.54, 1.807) is 14.0 Å². The Balaban J connectivity index is 4.47. The zero-order valence-corrected chi connectivity index (χ0v) is 16.5. The van der Waals surface area contributed by atoms with E-state index >= 15 is 0 Å². The SMILES string of the molecule is CCC(=O)CN(C)C(=O)CN(C)C(=O)CN(C)C(=O)CN(C)C(C)C. The highest BCUT2D eigenvalue weighted by Gasteiger charge is 2.21. The van der Waals surface area contributed by atoms with Gasteiger partial charge in [-0.3, -0.25) is 24.1 Å². The van der Waals surface area contributed by atoms with E-state index in [0.29, 0.717) is 6.42 Å². The Morgan fingerprint density at radius 2 is 1.04 bits per heavy atom. The van der Waals surface area contributed by atoms with Gasteiger partial charge in [0.15, 0.2) is 5.78 Å². The van der Waals surface area contributed by atoms with Crippen LogP contribution in [-0.2, 0) is 19.2 Å². The maximum atomic E-state index is 12.2. The zero-order chi connectivity index (χ0) is 19.7. The predicted octanol–water partition coefficient (Wildman–Crippen LogP) is -0.319. The van der Waals surface area contributed by atoms with Crippen molar-refractivity contribution in [1.82, 2.24) is 19.6 Å². The topological polar surface area (TPSA) is 81.2 Å². The molecule has 0 saturated carbocycles. The van der Waals surface area contributed by atoms with Gasteiger partial charge >= 0.3 is 0 Å². The summed E-state index contributed by atoms with van der Waals surface area (Å²) >= 11 is 0. The van der Waals surface area contributed by atoms with Crippen LogP contribution in [0.4, 0.5) is 0 Å². The molecule has 0 saturated heterocycles. The number of rotatable bonds is 10. The molecule has 0 aliphatic rings. The lowest BCUT2D eigenvalue weighted by Crippen LogP contribution is -2.46. The van der Waals surface area contributed by atoms with Gasteiger partial charge in [-0.15, -0.1) is 0 Å². The van der Waals surface area contributed by atoms with Crippen LogP contribution in [0, 0.1) is 0 Å². The second-order valence-electron chi connectivity index (χ2n) is 6.65. The fourth-order valence-corrected chi connectivity index (χ4v) is 1.80. The van der Waals surface area contributed by atoms with Crippen molar-refractivity contribution in [2.24, 2.45) is 0 Å². The van der Waals surface area contributed by atoms with E-state index in [-0.39, 0.29) is 55.7 Å². The number of hydrogen-bond donors (Lipinski definition) is 0. The normalized spacial score (nSPS) is 10.8. The lowest BCUT2D eigenvalue weighted by atomic mass is 10.3. The minimum Gasteiger partial charge on any atom is -0.337 e. The molecule has 3 amide bonds. The largest absolute Gasteiger partial charge is 0.337 e. The number of carbonyl (C=O) groups is 4. The summed E-state index contributed by atoms with van der Waals surface area (Å²) in [5, 5.41) is 0. The molecule has 8 nitrogen and oxygen atoms in total. The molecule has 8 heteroatoms. The number of Topliss-reactive ketones (excluding diaryl/α,β-unsaturated/α-hetero) is 1. The van der Waals surface area contributed by atoms with Crippen molar-refractivity contribution in [3.05, 3.63) is 0 Å². The maximum Gasteiger partial charge on any atom is 0.242 e. The highest BCUT2D eigenvalue weighted by molar-refractivity contribution is 5.90. The molecule has 0 aromatic heterocycles. The van der Waals surface area contributed by atoms with Crippen LogP contribution in [0.15, 0.2) is 0 Å². The monoisotopic (exact) mass is 356 g/mol. The van der Waals surface area contributed by atoms with Crippen LogP contribution >= 0.6 is 0 Å². The molecular weight excluding hydrogens is 324 g/mol. The van der Waals surface area contributed by atoms with Gasteiger partial charge in [0.25, 0.3) is 0 Å². The molecule has 0 bridgehead atoms. The summed E-state index contributed by atoms with van der Waals surface area (Å²) < 4.78 is 0. The van der Waals surface area contributed by atoms with Gasteiger partial charge in [-0.05, 0) is 20.9 Å². The summed E-state index contributed by atoms with van der Waals surface area (Å²) in [7, 11) is 6.45. The van der Waals surface area contributed by atoms with Crippen molar-refractivity contribution in [3.8, 4) is 0 Å². The second kappa shape index (κ2) is 10.8. The van der Waals surface area contributed by atoms with E-state index in [2.05, 4.69) is 0 Å². The number of nitrogens with zero attached hydrogens (tertiary/aromatic N) is 4. The Kier molecular flexibility index (Phi) is 9.96. The first-order valence-corrected chi connectivity index (χ1v) is 8.43. The van der Waals surface area contributed by atoms with Gasteiger partial charge in [0.2, 0.25) is 17.7 Å². The molecular formula is C17H32N4O4. The summed E-state index contributed by atoms with van der Waals surface area (Å²) in [4.78, 5) is 53.5. The third-order valence-corrected chi connectivity index (χ3v) is 4.10. The fourth-order valence-electron chi connectivity index (χ4n) is 1.80. The summed E-state index contributed by atoms with van der Waals surface area (Å²) in [6, 6.07) is 0.231. The molecule has 0 rings (SSSR count). The van der Waals surface area contributed by atoms with Gasteiger partial charge < -0.3 is 14.7 Å². The van der Waals surface area contributed by atoms with Crippen LogP contribution in [-0.4, -0.2) is 104 Å². The first kappa shape index (κ1) is 23.0. The Bertz CT molecular complexity index is 493. The average Bonchev–Trinajstić information content (AvgIpc) is 2.53. The van der Waals surface area contributed by atoms with Gasteiger partial charge in [0.1, 0.15) is 0 Å². The Morgan fingerprint density at radius 1 is 0.680 bits per heavy atom. The minimum atomic E-state index is -0.327. The Hall–Kier alpha value is -1.96. The van der Waals surface area contributed by atoms with Gasteiger partial charge in [0.05, 0.1) is 26.2 Å². The molecule has 0 aromatic rings. The molecule has 0 heterocycles. The lowest BCUT2D eigenvalue weighted by Gasteiger charge is -2.26. The zero-order valence-electron chi connectivity index (χ0n) is 16.5. The van der Waals surface area contributed by atoms with Crippen molar-refractivity contribution in [1.29, 1.82) is 0 Å². The summed E-state index contributed by atoms with van der Waals surface area (Å²) in [5.41, 5.74) is 0.